The van der Waals surface area contributed by atoms with Gasteiger partial charge in [-0.3, -0.25) is 9.59 Å². The Kier molecular flexibility index (Phi) is 67.9. The summed E-state index contributed by atoms with van der Waals surface area (Å²) in [6.07, 6.45) is 93.0. The number of nitrogens with one attached hydrogen (secondary N) is 1. The lowest BCUT2D eigenvalue weighted by Gasteiger charge is -2.20. The van der Waals surface area contributed by atoms with E-state index >= 15 is 0 Å². The summed E-state index contributed by atoms with van der Waals surface area (Å²) in [5.41, 5.74) is 0. The monoisotopic (exact) mass is 1130 g/mol. The van der Waals surface area contributed by atoms with Crippen molar-refractivity contribution in [3.05, 3.63) is 60.8 Å². The number of hydrogen-bond donors (Lipinski definition) is 3. The largest absolute Gasteiger partial charge is 0.466 e. The van der Waals surface area contributed by atoms with Crippen molar-refractivity contribution < 1.29 is 24.5 Å². The second-order valence-corrected chi connectivity index (χ2v) is 24.6. The zero-order chi connectivity index (χ0) is 58.5. The third-order valence-electron chi connectivity index (χ3n) is 16.5. The van der Waals surface area contributed by atoms with Crippen molar-refractivity contribution in [3.8, 4) is 0 Å². The van der Waals surface area contributed by atoms with Crippen LogP contribution >= 0.6 is 0 Å². The van der Waals surface area contributed by atoms with Gasteiger partial charge in [-0.1, -0.05) is 331 Å². The van der Waals surface area contributed by atoms with Crippen LogP contribution in [0.4, 0.5) is 0 Å². The van der Waals surface area contributed by atoms with Gasteiger partial charge < -0.3 is 20.3 Å². The molecule has 0 aromatic rings. The number of esters is 1. The normalized spacial score (nSPS) is 12.9. The number of ether oxygens (including phenoxy) is 1. The van der Waals surface area contributed by atoms with E-state index in [1.807, 2.05) is 6.08 Å². The van der Waals surface area contributed by atoms with Crippen LogP contribution in [0.5, 0.6) is 0 Å². The predicted molar refractivity (Wildman–Crippen MR) is 356 cm³/mol. The van der Waals surface area contributed by atoms with Gasteiger partial charge in [-0.2, -0.15) is 0 Å². The Hall–Kier alpha value is -2.44. The second kappa shape index (κ2) is 70.0. The molecule has 0 aliphatic rings. The van der Waals surface area contributed by atoms with Gasteiger partial charge in [0.05, 0.1) is 25.4 Å². The average Bonchev–Trinajstić information content (AvgIpc) is 3.47. The molecule has 6 heteroatoms. The molecule has 0 aliphatic heterocycles. The topological polar surface area (TPSA) is 95.9 Å². The molecule has 0 saturated heterocycles. The van der Waals surface area contributed by atoms with E-state index in [4.69, 9.17) is 4.74 Å². The first-order valence-electron chi connectivity index (χ1n) is 36.1. The molecule has 81 heavy (non-hydrogen) atoms. The van der Waals surface area contributed by atoms with E-state index in [2.05, 4.69) is 67.8 Å². The number of amides is 1. The molecular weight excluding hydrogens is 995 g/mol. The number of allylic oxidation sites excluding steroid dienone is 9. The zero-order valence-electron chi connectivity index (χ0n) is 54.3. The van der Waals surface area contributed by atoms with Crippen LogP contribution in [0.1, 0.15) is 380 Å². The minimum absolute atomic E-state index is 0.000713. The summed E-state index contributed by atoms with van der Waals surface area (Å²) in [7, 11) is 0. The highest BCUT2D eigenvalue weighted by molar-refractivity contribution is 5.76. The molecule has 0 spiro atoms. The van der Waals surface area contributed by atoms with Gasteiger partial charge in [0, 0.05) is 12.8 Å². The van der Waals surface area contributed by atoms with Gasteiger partial charge in [0.15, 0.2) is 0 Å². The summed E-state index contributed by atoms with van der Waals surface area (Å²) in [5.74, 6) is -0.0661. The molecule has 2 atom stereocenters. The van der Waals surface area contributed by atoms with E-state index in [0.717, 1.165) is 57.8 Å². The summed E-state index contributed by atoms with van der Waals surface area (Å²) in [6.45, 7) is 4.90. The van der Waals surface area contributed by atoms with E-state index in [9.17, 15) is 19.8 Å². The molecule has 0 aromatic heterocycles. The number of rotatable bonds is 67. The molecule has 0 fully saturated rings. The second-order valence-electron chi connectivity index (χ2n) is 24.6. The zero-order valence-corrected chi connectivity index (χ0v) is 54.3. The fourth-order valence-electron chi connectivity index (χ4n) is 11.0. The fourth-order valence-corrected chi connectivity index (χ4v) is 11.0. The van der Waals surface area contributed by atoms with Crippen molar-refractivity contribution in [2.75, 3.05) is 13.2 Å². The minimum atomic E-state index is -0.845. The third-order valence-corrected chi connectivity index (χ3v) is 16.5. The van der Waals surface area contributed by atoms with Crippen LogP contribution in [0.2, 0.25) is 0 Å². The number of carbonyl (C=O) groups excluding carboxylic acids is 2. The minimum Gasteiger partial charge on any atom is -0.466 e. The Balaban J connectivity index is 3.42. The maximum Gasteiger partial charge on any atom is 0.305 e. The summed E-state index contributed by atoms with van der Waals surface area (Å²) in [6, 6.07) is -0.629. The van der Waals surface area contributed by atoms with Gasteiger partial charge >= 0.3 is 5.97 Å². The Morgan fingerprint density at radius 1 is 0.346 bits per heavy atom. The SMILES string of the molecule is CCCCCC/C=C\C/C=C\CCCCCCCC(=O)OCCCCCCCCCCC/C=C\C/C=C\CCCCCCCCCCCCCCCCCC(=O)NC(CO)C(O)/C=C/CCCCCCCCCCCCCCCCC. The third kappa shape index (κ3) is 66.6. The Morgan fingerprint density at radius 2 is 0.617 bits per heavy atom. The first kappa shape index (κ1) is 78.6. The van der Waals surface area contributed by atoms with Crippen LogP contribution in [-0.4, -0.2) is 47.4 Å². The van der Waals surface area contributed by atoms with E-state index in [1.165, 1.54) is 295 Å². The van der Waals surface area contributed by atoms with E-state index in [-0.39, 0.29) is 18.5 Å². The number of aliphatic hydroxyl groups excluding tert-OH is 2. The van der Waals surface area contributed by atoms with Gasteiger partial charge in [0.2, 0.25) is 5.91 Å². The highest BCUT2D eigenvalue weighted by atomic mass is 16.5. The van der Waals surface area contributed by atoms with Crippen molar-refractivity contribution in [1.29, 1.82) is 0 Å². The molecule has 0 saturated carbocycles. The molecular formula is C75H139NO5. The number of aliphatic hydroxyl groups is 2. The molecule has 0 rings (SSSR count). The van der Waals surface area contributed by atoms with Crippen LogP contribution in [0, 0.1) is 0 Å². The van der Waals surface area contributed by atoms with Crippen LogP contribution in [-0.2, 0) is 14.3 Å². The van der Waals surface area contributed by atoms with Crippen LogP contribution in [0.3, 0.4) is 0 Å². The Labute approximate surface area is 505 Å². The predicted octanol–water partition coefficient (Wildman–Crippen LogP) is 23.4. The standard InChI is InChI=1S/C75H139NO5/c1-3-5-7-9-11-13-15-17-19-36-39-43-47-51-55-59-63-67-73(78)72(71-77)76-74(79)68-64-60-56-52-48-44-40-37-34-32-30-28-26-24-22-21-23-25-27-29-31-33-35-38-42-46-50-54-58-62-66-70-81-75(80)69-65-61-57-53-49-45-41-20-18-16-14-12-10-8-6-4-2/h14,16,20,23,25,29,31,41,63,67,72-73,77-78H,3-13,15,17-19,21-22,24,26-28,30,32-40,42-62,64-66,68-71H2,1-2H3,(H,76,79)/b16-14-,25-23-,31-29-,41-20-,67-63+. The lowest BCUT2D eigenvalue weighted by molar-refractivity contribution is -0.143. The lowest BCUT2D eigenvalue weighted by Crippen LogP contribution is -2.45. The van der Waals surface area contributed by atoms with Gasteiger partial charge in [0.25, 0.3) is 0 Å². The van der Waals surface area contributed by atoms with Crippen LogP contribution in [0.15, 0.2) is 60.8 Å². The van der Waals surface area contributed by atoms with E-state index in [1.54, 1.807) is 6.08 Å². The Morgan fingerprint density at radius 3 is 0.951 bits per heavy atom. The van der Waals surface area contributed by atoms with E-state index < -0.39 is 12.1 Å². The van der Waals surface area contributed by atoms with Crippen LogP contribution < -0.4 is 5.32 Å². The molecule has 0 aromatic carbocycles. The highest BCUT2D eigenvalue weighted by Crippen LogP contribution is 2.18. The van der Waals surface area contributed by atoms with Crippen molar-refractivity contribution in [2.24, 2.45) is 0 Å². The first-order chi connectivity index (χ1) is 40.0. The molecule has 0 heterocycles. The first-order valence-corrected chi connectivity index (χ1v) is 36.1. The molecule has 0 aliphatic carbocycles. The Bertz CT molecular complexity index is 1400. The number of hydrogen-bond acceptors (Lipinski definition) is 5. The summed E-state index contributed by atoms with van der Waals surface area (Å²) < 4.78 is 5.49. The molecule has 0 radical (unpaired) electrons. The maximum atomic E-state index is 12.5. The maximum absolute atomic E-state index is 12.5. The van der Waals surface area contributed by atoms with Crippen molar-refractivity contribution in [3.63, 3.8) is 0 Å². The van der Waals surface area contributed by atoms with Crippen LogP contribution in [0.25, 0.3) is 0 Å². The van der Waals surface area contributed by atoms with Gasteiger partial charge in [-0.25, -0.2) is 0 Å². The average molecular weight is 1130 g/mol. The summed E-state index contributed by atoms with van der Waals surface area (Å²) >= 11 is 0. The molecule has 2 unspecified atom stereocenters. The van der Waals surface area contributed by atoms with Gasteiger partial charge in [-0.15, -0.1) is 0 Å². The lowest BCUT2D eigenvalue weighted by atomic mass is 10.0. The molecule has 0 bridgehead atoms. The van der Waals surface area contributed by atoms with E-state index in [0.29, 0.717) is 19.4 Å². The van der Waals surface area contributed by atoms with Gasteiger partial charge in [-0.05, 0) is 96.3 Å². The quantitative estimate of drug-likeness (QED) is 0.0320. The number of unbranched alkanes of at least 4 members (excludes halogenated alkanes) is 48. The molecule has 1 amide bonds. The summed E-state index contributed by atoms with van der Waals surface area (Å²) in [4.78, 5) is 24.6. The van der Waals surface area contributed by atoms with Crippen molar-refractivity contribution in [2.45, 2.75) is 392 Å². The molecule has 474 valence electrons. The van der Waals surface area contributed by atoms with Crippen molar-refractivity contribution in [1.82, 2.24) is 5.32 Å². The fraction of sp³-hybridized carbons (Fsp3) is 0.840. The van der Waals surface area contributed by atoms with Crippen molar-refractivity contribution >= 4 is 11.9 Å². The highest BCUT2D eigenvalue weighted by Gasteiger charge is 2.18. The molecule has 6 nitrogen and oxygen atoms in total. The summed E-state index contributed by atoms with van der Waals surface area (Å²) in [5, 5.41) is 23.2. The van der Waals surface area contributed by atoms with Gasteiger partial charge in [0.1, 0.15) is 0 Å². The molecule has 3 N–H and O–H groups in total. The smallest absolute Gasteiger partial charge is 0.305 e. The number of carbonyl (C=O) groups is 2.